The number of unbranched alkanes of at least 4 members (excludes halogenated alkanes) is 10. The number of phosphoric ester groups is 1. The predicted octanol–water partition coefficient (Wildman–Crippen LogP) is 14.4. The third-order valence-corrected chi connectivity index (χ3v) is 10.3. The van der Waals surface area contributed by atoms with Gasteiger partial charge in [-0.25, -0.2) is 4.57 Å². The third kappa shape index (κ3) is 48.1. The summed E-state index contributed by atoms with van der Waals surface area (Å²) in [4.78, 5) is 22.9. The fourth-order valence-electron chi connectivity index (χ4n) is 5.75. The number of carbonyl (C=O) groups excluding carboxylic acids is 1. The Morgan fingerprint density at radius 2 is 0.902 bits per heavy atom. The van der Waals surface area contributed by atoms with Crippen LogP contribution in [0.25, 0.3) is 0 Å². The van der Waals surface area contributed by atoms with E-state index in [1.54, 1.807) is 0 Å². The summed E-state index contributed by atoms with van der Waals surface area (Å²) in [6, 6.07) is 0. The van der Waals surface area contributed by atoms with Gasteiger partial charge in [-0.05, 0) is 96.3 Å². The van der Waals surface area contributed by atoms with E-state index in [0.29, 0.717) is 24.1 Å². The molecule has 0 aromatic carbocycles. The fraction of sp³-hybridized carbons (Fsp3) is 0.635. The minimum Gasteiger partial charge on any atom is -0.457 e. The highest BCUT2D eigenvalue weighted by Gasteiger charge is 2.26. The number of hydrogen-bond acceptors (Lipinski definition) is 6. The summed E-state index contributed by atoms with van der Waals surface area (Å²) in [6.07, 6.45) is 61.4. The highest BCUT2D eigenvalue weighted by molar-refractivity contribution is 7.47. The standard InChI is InChI=1S/C52H88NO7P/c1-6-8-10-12-14-16-18-20-22-23-24-25-26-27-28-29-30-32-34-36-38-40-42-44-47-57-49-51(50-59-61(55,56)58-48-46-53(3,4)5)60-52(54)45-43-41-39-37-35-33-31-21-19-17-15-13-11-9-7-2/h8-11,14-17,20-22,24-25,27-28,31,35,37,51H,6-7,12-13,18-19,23,26,29-30,32-34,36,38-50H2,1-5H3/p+1/b10-8-,11-9-,16-14-,17-15-,22-20-,25-24-,28-27-,31-21-,37-35-. The van der Waals surface area contributed by atoms with Crippen LogP contribution in [0.15, 0.2) is 109 Å². The quantitative estimate of drug-likeness (QED) is 0.0215. The van der Waals surface area contributed by atoms with Crippen LogP contribution in [0.2, 0.25) is 0 Å². The summed E-state index contributed by atoms with van der Waals surface area (Å²) in [5.41, 5.74) is 0. The molecule has 0 heterocycles. The summed E-state index contributed by atoms with van der Waals surface area (Å²) in [7, 11) is 1.61. The SMILES string of the molecule is CC/C=C\C/C=C\C/C=C\C/C=C\C/C=C\CCCCCCCCCCOCC(COP(=O)(O)OCC[N+](C)(C)C)OC(=O)CCCC/C=C\C/C=C\C/C=C\C/C=C\CC. The topological polar surface area (TPSA) is 91.3 Å². The van der Waals surface area contributed by atoms with Crippen molar-refractivity contribution in [1.29, 1.82) is 0 Å². The molecule has 0 radical (unpaired) electrons. The van der Waals surface area contributed by atoms with Crippen LogP contribution in [0.1, 0.15) is 155 Å². The van der Waals surface area contributed by atoms with Crippen LogP contribution in [-0.4, -0.2) is 75.6 Å². The first kappa shape index (κ1) is 58.2. The molecular weight excluding hydrogens is 782 g/mol. The van der Waals surface area contributed by atoms with E-state index in [2.05, 4.69) is 123 Å². The first-order valence-electron chi connectivity index (χ1n) is 23.6. The Kier molecular flexibility index (Phi) is 41.8. The average molecular weight is 871 g/mol. The van der Waals surface area contributed by atoms with Gasteiger partial charge in [0.05, 0.1) is 34.4 Å². The van der Waals surface area contributed by atoms with Crippen molar-refractivity contribution in [2.45, 2.75) is 161 Å². The van der Waals surface area contributed by atoms with E-state index >= 15 is 0 Å². The van der Waals surface area contributed by atoms with Crippen LogP contribution in [0.4, 0.5) is 0 Å². The number of hydrogen-bond donors (Lipinski definition) is 1. The molecule has 8 nitrogen and oxygen atoms in total. The van der Waals surface area contributed by atoms with Gasteiger partial charge in [0.25, 0.3) is 0 Å². The molecule has 1 N–H and O–H groups in total. The Bertz CT molecular complexity index is 1340. The van der Waals surface area contributed by atoms with Crippen LogP contribution in [0.5, 0.6) is 0 Å². The van der Waals surface area contributed by atoms with Crippen LogP contribution in [-0.2, 0) is 27.9 Å². The molecule has 0 saturated heterocycles. The fourth-order valence-corrected chi connectivity index (χ4v) is 6.49. The first-order chi connectivity index (χ1) is 29.6. The Morgan fingerprint density at radius 3 is 1.34 bits per heavy atom. The van der Waals surface area contributed by atoms with E-state index in [0.717, 1.165) is 89.9 Å². The summed E-state index contributed by atoms with van der Waals surface area (Å²) in [6.45, 7) is 5.28. The zero-order valence-corrected chi connectivity index (χ0v) is 40.2. The van der Waals surface area contributed by atoms with E-state index in [1.165, 1.54) is 38.5 Å². The molecule has 0 rings (SSSR count). The molecule has 2 atom stereocenters. The van der Waals surface area contributed by atoms with Gasteiger partial charge in [-0.3, -0.25) is 13.8 Å². The minimum atomic E-state index is -4.30. The lowest BCUT2D eigenvalue weighted by atomic mass is 10.1. The average Bonchev–Trinajstić information content (AvgIpc) is 3.22. The second-order valence-electron chi connectivity index (χ2n) is 16.4. The molecule has 9 heteroatoms. The van der Waals surface area contributed by atoms with Crippen molar-refractivity contribution in [3.8, 4) is 0 Å². The second kappa shape index (κ2) is 43.8. The number of nitrogens with zero attached hydrogens (tertiary/aromatic N) is 1. The number of carbonyl (C=O) groups is 1. The van der Waals surface area contributed by atoms with E-state index in [1.807, 2.05) is 21.1 Å². The molecule has 0 spiro atoms. The molecule has 0 aliphatic rings. The number of quaternary nitrogens is 1. The van der Waals surface area contributed by atoms with Crippen molar-refractivity contribution in [3.05, 3.63) is 109 Å². The van der Waals surface area contributed by atoms with Crippen molar-refractivity contribution in [2.75, 3.05) is 54.1 Å². The number of rotatable bonds is 42. The molecule has 0 fully saturated rings. The number of ether oxygens (including phenoxy) is 2. The van der Waals surface area contributed by atoms with Crippen LogP contribution in [0.3, 0.4) is 0 Å². The number of allylic oxidation sites excluding steroid dienone is 18. The van der Waals surface area contributed by atoms with E-state index in [-0.39, 0.29) is 32.2 Å². The molecule has 0 amide bonds. The summed E-state index contributed by atoms with van der Waals surface area (Å²) >= 11 is 0. The van der Waals surface area contributed by atoms with Gasteiger partial charge in [0.2, 0.25) is 0 Å². The van der Waals surface area contributed by atoms with Gasteiger partial charge in [-0.2, -0.15) is 0 Å². The summed E-state index contributed by atoms with van der Waals surface area (Å²) in [5.74, 6) is -0.362. The molecular formula is C52H89NO7P+. The lowest BCUT2D eigenvalue weighted by molar-refractivity contribution is -0.870. The number of esters is 1. The van der Waals surface area contributed by atoms with Crippen molar-refractivity contribution >= 4 is 13.8 Å². The lowest BCUT2D eigenvalue weighted by Crippen LogP contribution is -2.37. The van der Waals surface area contributed by atoms with E-state index < -0.39 is 13.9 Å². The van der Waals surface area contributed by atoms with Gasteiger partial charge >= 0.3 is 13.8 Å². The van der Waals surface area contributed by atoms with Crippen LogP contribution >= 0.6 is 7.82 Å². The summed E-state index contributed by atoms with van der Waals surface area (Å²) in [5, 5.41) is 0. The molecule has 348 valence electrons. The predicted molar refractivity (Wildman–Crippen MR) is 261 cm³/mol. The second-order valence-corrected chi connectivity index (χ2v) is 17.8. The minimum absolute atomic E-state index is 0.0720. The molecule has 61 heavy (non-hydrogen) atoms. The van der Waals surface area contributed by atoms with E-state index in [9.17, 15) is 14.3 Å². The Labute approximate surface area is 374 Å². The number of likely N-dealkylation sites (N-methyl/N-ethyl adjacent to an activating group) is 1. The maximum atomic E-state index is 12.7. The molecule has 0 saturated carbocycles. The van der Waals surface area contributed by atoms with Gasteiger partial charge < -0.3 is 18.9 Å². The number of phosphoric acid groups is 1. The molecule has 0 bridgehead atoms. The Hall–Kier alpha value is -2.84. The van der Waals surface area contributed by atoms with Crippen molar-refractivity contribution < 1.29 is 37.3 Å². The third-order valence-electron chi connectivity index (χ3n) is 9.33. The molecule has 0 aromatic rings. The van der Waals surface area contributed by atoms with Crippen molar-refractivity contribution in [3.63, 3.8) is 0 Å². The maximum Gasteiger partial charge on any atom is 0.472 e. The first-order valence-corrected chi connectivity index (χ1v) is 25.1. The molecule has 0 aliphatic carbocycles. The van der Waals surface area contributed by atoms with Gasteiger partial charge in [-0.1, -0.05) is 162 Å². The van der Waals surface area contributed by atoms with Crippen LogP contribution < -0.4 is 0 Å². The van der Waals surface area contributed by atoms with Gasteiger partial charge in [-0.15, -0.1) is 0 Å². The zero-order chi connectivity index (χ0) is 44.8. The molecule has 0 aliphatic heterocycles. The smallest absolute Gasteiger partial charge is 0.457 e. The van der Waals surface area contributed by atoms with Crippen molar-refractivity contribution in [1.82, 2.24) is 0 Å². The zero-order valence-electron chi connectivity index (χ0n) is 39.4. The van der Waals surface area contributed by atoms with E-state index in [4.69, 9.17) is 18.5 Å². The largest absolute Gasteiger partial charge is 0.472 e. The monoisotopic (exact) mass is 871 g/mol. The van der Waals surface area contributed by atoms with Crippen molar-refractivity contribution in [2.24, 2.45) is 0 Å². The van der Waals surface area contributed by atoms with Gasteiger partial charge in [0.1, 0.15) is 19.3 Å². The normalized spacial score (nSPS) is 14.7. The van der Waals surface area contributed by atoms with Gasteiger partial charge in [0, 0.05) is 13.0 Å². The highest BCUT2D eigenvalue weighted by atomic mass is 31.2. The molecule has 0 aromatic heterocycles. The van der Waals surface area contributed by atoms with Crippen LogP contribution in [0, 0.1) is 0 Å². The van der Waals surface area contributed by atoms with Gasteiger partial charge in [0.15, 0.2) is 0 Å². The summed E-state index contributed by atoms with van der Waals surface area (Å²) < 4.78 is 35.0. The highest BCUT2D eigenvalue weighted by Crippen LogP contribution is 2.43. The lowest BCUT2D eigenvalue weighted by Gasteiger charge is -2.24. The maximum absolute atomic E-state index is 12.7. The molecule has 2 unspecified atom stereocenters. The Balaban J connectivity index is 4.26. The Morgan fingerprint density at radius 1 is 0.508 bits per heavy atom.